The van der Waals surface area contributed by atoms with Gasteiger partial charge in [-0.3, -0.25) is 0 Å². The molecule has 1 fully saturated rings. The lowest BCUT2D eigenvalue weighted by Crippen LogP contribution is -2.23. The highest BCUT2D eigenvalue weighted by molar-refractivity contribution is 5.86. The first-order chi connectivity index (χ1) is 10.4. The third-order valence-electron chi connectivity index (χ3n) is 4.06. The van der Waals surface area contributed by atoms with Gasteiger partial charge in [-0.25, -0.2) is 0 Å². The fourth-order valence-corrected chi connectivity index (χ4v) is 2.93. The van der Waals surface area contributed by atoms with Gasteiger partial charge in [-0.05, 0) is 36.2 Å². The molecule has 0 radical (unpaired) electrons. The number of rotatable bonds is 3. The molecule has 0 saturated carbocycles. The summed E-state index contributed by atoms with van der Waals surface area (Å²) in [5.74, 6) is 1.39. The van der Waals surface area contributed by atoms with Crippen LogP contribution in [0.2, 0.25) is 0 Å². The van der Waals surface area contributed by atoms with Gasteiger partial charge in [0.1, 0.15) is 0 Å². The Morgan fingerprint density at radius 3 is 2.90 bits per heavy atom. The van der Waals surface area contributed by atoms with E-state index in [0.29, 0.717) is 11.9 Å². The largest absolute Gasteiger partial charge is 0.339 e. The van der Waals surface area contributed by atoms with Crippen LogP contribution in [0.5, 0.6) is 0 Å². The van der Waals surface area contributed by atoms with Crippen molar-refractivity contribution in [2.75, 3.05) is 6.54 Å². The Morgan fingerprint density at radius 1 is 1.14 bits per heavy atom. The van der Waals surface area contributed by atoms with E-state index in [1.165, 1.54) is 23.6 Å². The van der Waals surface area contributed by atoms with Crippen molar-refractivity contribution < 1.29 is 4.52 Å². The summed E-state index contributed by atoms with van der Waals surface area (Å²) >= 11 is 0. The molecule has 0 amide bonds. The minimum atomic E-state index is 0.481. The molecule has 2 aromatic carbocycles. The first kappa shape index (κ1) is 12.5. The van der Waals surface area contributed by atoms with Crippen LogP contribution in [0.25, 0.3) is 22.2 Å². The maximum atomic E-state index is 5.39. The summed E-state index contributed by atoms with van der Waals surface area (Å²) < 4.78 is 5.39. The molecule has 0 bridgehead atoms. The summed E-state index contributed by atoms with van der Waals surface area (Å²) in [6.07, 6.45) is 3.24. The average Bonchev–Trinajstić information content (AvgIpc) is 3.19. The molecule has 1 saturated heterocycles. The number of nitrogens with zero attached hydrogens (tertiary/aromatic N) is 2. The van der Waals surface area contributed by atoms with E-state index < -0.39 is 0 Å². The summed E-state index contributed by atoms with van der Waals surface area (Å²) in [4.78, 5) is 4.53. The van der Waals surface area contributed by atoms with E-state index in [1.807, 2.05) is 18.2 Å². The fourth-order valence-electron chi connectivity index (χ4n) is 2.93. The maximum Gasteiger partial charge on any atom is 0.228 e. The first-order valence-corrected chi connectivity index (χ1v) is 7.44. The zero-order valence-corrected chi connectivity index (χ0v) is 11.7. The van der Waals surface area contributed by atoms with Gasteiger partial charge in [0.25, 0.3) is 0 Å². The molecule has 1 aromatic heterocycles. The van der Waals surface area contributed by atoms with Crippen LogP contribution < -0.4 is 5.32 Å². The van der Waals surface area contributed by atoms with Gasteiger partial charge in [0, 0.05) is 18.0 Å². The summed E-state index contributed by atoms with van der Waals surface area (Å²) in [6.45, 7) is 1.09. The molecule has 1 aliphatic rings. The lowest BCUT2D eigenvalue weighted by molar-refractivity contribution is 0.364. The topological polar surface area (TPSA) is 51.0 Å². The summed E-state index contributed by atoms with van der Waals surface area (Å²) in [5.41, 5.74) is 1.00. The minimum Gasteiger partial charge on any atom is -0.339 e. The van der Waals surface area contributed by atoms with Gasteiger partial charge >= 0.3 is 0 Å². The molecule has 1 atom stereocenters. The molecule has 3 aromatic rings. The van der Waals surface area contributed by atoms with E-state index in [0.717, 1.165) is 24.4 Å². The van der Waals surface area contributed by atoms with Crippen LogP contribution in [0.1, 0.15) is 18.7 Å². The molecular formula is C17H17N3O. The van der Waals surface area contributed by atoms with Gasteiger partial charge in [0.2, 0.25) is 11.7 Å². The van der Waals surface area contributed by atoms with Gasteiger partial charge in [0.15, 0.2) is 0 Å². The van der Waals surface area contributed by atoms with Crippen LogP contribution in [0.15, 0.2) is 47.0 Å². The second kappa shape index (κ2) is 5.30. The summed E-state index contributed by atoms with van der Waals surface area (Å²) in [5, 5.41) is 9.99. The van der Waals surface area contributed by atoms with Crippen molar-refractivity contribution in [2.45, 2.75) is 25.3 Å². The molecule has 0 aliphatic carbocycles. The number of hydrogen-bond donors (Lipinski definition) is 1. The monoisotopic (exact) mass is 279 g/mol. The number of fused-ring (bicyclic) bond motifs is 1. The SMILES string of the molecule is c1ccc2cc(-c3noc(CC4CCCN4)n3)ccc2c1. The smallest absolute Gasteiger partial charge is 0.228 e. The molecule has 1 aliphatic heterocycles. The highest BCUT2D eigenvalue weighted by Crippen LogP contribution is 2.22. The fraction of sp³-hybridized carbons (Fsp3) is 0.294. The van der Waals surface area contributed by atoms with E-state index in [1.54, 1.807) is 0 Å². The van der Waals surface area contributed by atoms with Crippen molar-refractivity contribution in [1.29, 1.82) is 0 Å². The van der Waals surface area contributed by atoms with E-state index in [-0.39, 0.29) is 0 Å². The molecule has 4 rings (SSSR count). The number of hydrogen-bond acceptors (Lipinski definition) is 4. The molecule has 1 unspecified atom stereocenters. The lowest BCUT2D eigenvalue weighted by Gasteiger charge is -2.04. The van der Waals surface area contributed by atoms with Crippen LogP contribution in [-0.2, 0) is 6.42 Å². The Morgan fingerprint density at radius 2 is 2.05 bits per heavy atom. The normalized spacial score (nSPS) is 18.4. The molecule has 4 heteroatoms. The first-order valence-electron chi connectivity index (χ1n) is 7.44. The van der Waals surface area contributed by atoms with Gasteiger partial charge in [-0.15, -0.1) is 0 Å². The summed E-state index contributed by atoms with van der Waals surface area (Å²) in [6, 6.07) is 15.0. The van der Waals surface area contributed by atoms with Crippen LogP contribution in [0.4, 0.5) is 0 Å². The lowest BCUT2D eigenvalue weighted by atomic mass is 10.1. The van der Waals surface area contributed by atoms with Crippen molar-refractivity contribution >= 4 is 10.8 Å². The third-order valence-corrected chi connectivity index (χ3v) is 4.06. The number of nitrogens with one attached hydrogen (secondary N) is 1. The molecule has 1 N–H and O–H groups in total. The average molecular weight is 279 g/mol. The molecule has 2 heterocycles. The zero-order chi connectivity index (χ0) is 14.1. The second-order valence-electron chi connectivity index (χ2n) is 5.57. The molecule has 0 spiro atoms. The van der Waals surface area contributed by atoms with Crippen molar-refractivity contribution in [2.24, 2.45) is 0 Å². The Balaban J connectivity index is 1.61. The Bertz CT molecular complexity index is 759. The van der Waals surface area contributed by atoms with Crippen molar-refractivity contribution in [3.05, 3.63) is 48.4 Å². The Labute approximate surface area is 123 Å². The van der Waals surface area contributed by atoms with E-state index in [9.17, 15) is 0 Å². The van der Waals surface area contributed by atoms with Gasteiger partial charge in [-0.2, -0.15) is 4.98 Å². The van der Waals surface area contributed by atoms with Gasteiger partial charge < -0.3 is 9.84 Å². The number of aromatic nitrogens is 2. The van der Waals surface area contributed by atoms with E-state index in [2.05, 4.69) is 39.7 Å². The highest BCUT2D eigenvalue weighted by atomic mass is 16.5. The van der Waals surface area contributed by atoms with Crippen molar-refractivity contribution in [3.63, 3.8) is 0 Å². The Hall–Kier alpha value is -2.20. The molecule has 4 nitrogen and oxygen atoms in total. The molecule has 21 heavy (non-hydrogen) atoms. The van der Waals surface area contributed by atoms with E-state index in [4.69, 9.17) is 4.52 Å². The molecule has 106 valence electrons. The highest BCUT2D eigenvalue weighted by Gasteiger charge is 2.18. The zero-order valence-electron chi connectivity index (χ0n) is 11.7. The van der Waals surface area contributed by atoms with Crippen LogP contribution in [0, 0.1) is 0 Å². The maximum absolute atomic E-state index is 5.39. The van der Waals surface area contributed by atoms with Crippen LogP contribution in [0.3, 0.4) is 0 Å². The van der Waals surface area contributed by atoms with Gasteiger partial charge in [0.05, 0.1) is 0 Å². The molecular weight excluding hydrogens is 262 g/mol. The van der Waals surface area contributed by atoms with Crippen molar-refractivity contribution in [1.82, 2.24) is 15.5 Å². The summed E-state index contributed by atoms with van der Waals surface area (Å²) in [7, 11) is 0. The third kappa shape index (κ3) is 2.54. The minimum absolute atomic E-state index is 0.481. The van der Waals surface area contributed by atoms with Crippen LogP contribution in [-0.4, -0.2) is 22.7 Å². The standard InChI is InChI=1S/C17H17N3O/c1-2-5-13-10-14(8-7-12(13)4-1)17-19-16(21-20-17)11-15-6-3-9-18-15/h1-2,4-5,7-8,10,15,18H,3,6,9,11H2. The van der Waals surface area contributed by atoms with Crippen LogP contribution >= 0.6 is 0 Å². The van der Waals surface area contributed by atoms with Gasteiger partial charge in [-0.1, -0.05) is 41.6 Å². The Kier molecular flexibility index (Phi) is 3.16. The van der Waals surface area contributed by atoms with E-state index >= 15 is 0 Å². The predicted molar refractivity (Wildman–Crippen MR) is 82.0 cm³/mol. The van der Waals surface area contributed by atoms with Crippen molar-refractivity contribution in [3.8, 4) is 11.4 Å². The quantitative estimate of drug-likeness (QED) is 0.800. The predicted octanol–water partition coefficient (Wildman–Crippen LogP) is 3.18. The number of benzene rings is 2. The second-order valence-corrected chi connectivity index (χ2v) is 5.57.